The van der Waals surface area contributed by atoms with Crippen molar-refractivity contribution in [1.29, 1.82) is 0 Å². The van der Waals surface area contributed by atoms with E-state index < -0.39 is 5.97 Å². The van der Waals surface area contributed by atoms with Crippen LogP contribution in [0.25, 0.3) is 0 Å². The van der Waals surface area contributed by atoms with Gasteiger partial charge in [-0.15, -0.1) is 0 Å². The van der Waals surface area contributed by atoms with Gasteiger partial charge in [0, 0.05) is 0 Å². The summed E-state index contributed by atoms with van der Waals surface area (Å²) in [5, 5.41) is 8.18. The van der Waals surface area contributed by atoms with Crippen LogP contribution in [0.5, 0.6) is 0 Å². The van der Waals surface area contributed by atoms with E-state index in [9.17, 15) is 4.79 Å². The Kier molecular flexibility index (Phi) is 2.41. The molecule has 0 saturated heterocycles. The molecule has 2 heteroatoms. The Morgan fingerprint density at radius 1 is 1.86 bits per heavy atom. The van der Waals surface area contributed by atoms with E-state index in [-0.39, 0.29) is 5.92 Å². The van der Waals surface area contributed by atoms with Crippen molar-refractivity contribution in [1.82, 2.24) is 0 Å². The van der Waals surface area contributed by atoms with Gasteiger partial charge in [-0.3, -0.25) is 4.79 Å². The topological polar surface area (TPSA) is 37.3 Å². The monoisotopic (exact) mass is 101 g/mol. The van der Waals surface area contributed by atoms with Crippen LogP contribution in [0.1, 0.15) is 20.3 Å². The van der Waals surface area contributed by atoms with E-state index in [0.717, 1.165) is 6.42 Å². The zero-order valence-electron chi connectivity index (χ0n) is 4.64. The second-order valence-corrected chi connectivity index (χ2v) is 1.65. The van der Waals surface area contributed by atoms with Gasteiger partial charge in [-0.2, -0.15) is 0 Å². The van der Waals surface area contributed by atoms with Crippen LogP contribution in [-0.2, 0) is 4.79 Å². The van der Waals surface area contributed by atoms with Crippen molar-refractivity contribution in [2.24, 2.45) is 5.92 Å². The van der Waals surface area contributed by atoms with Gasteiger partial charge in [-0.25, -0.2) is 0 Å². The van der Waals surface area contributed by atoms with Crippen LogP contribution in [-0.4, -0.2) is 11.1 Å². The van der Waals surface area contributed by atoms with Crippen molar-refractivity contribution in [2.45, 2.75) is 20.3 Å². The minimum Gasteiger partial charge on any atom is -0.481 e. The molecule has 0 bridgehead atoms. The molecule has 42 valence electrons. The summed E-state index contributed by atoms with van der Waals surface area (Å²) in [6.07, 6.45) is 0.718. The largest absolute Gasteiger partial charge is 0.481 e. The summed E-state index contributed by atoms with van der Waals surface area (Å²) in [5.41, 5.74) is 0. The van der Waals surface area contributed by atoms with Crippen LogP contribution in [0.3, 0.4) is 0 Å². The Morgan fingerprint density at radius 3 is 2.29 bits per heavy atom. The van der Waals surface area contributed by atoms with E-state index in [1.165, 1.54) is 0 Å². The lowest BCUT2D eigenvalue weighted by molar-refractivity contribution is -0.141. The smallest absolute Gasteiger partial charge is 0.306 e. The maximum absolute atomic E-state index is 9.93. The van der Waals surface area contributed by atoms with Gasteiger partial charge in [-0.1, -0.05) is 13.8 Å². The average Bonchev–Trinajstić information content (AvgIpc) is 1.65. The van der Waals surface area contributed by atoms with Gasteiger partial charge in [0.15, 0.2) is 0 Å². The van der Waals surface area contributed by atoms with Gasteiger partial charge < -0.3 is 5.11 Å². The summed E-state index contributed by atoms with van der Waals surface area (Å²) in [6.45, 7) is 3.56. The second-order valence-electron chi connectivity index (χ2n) is 1.65. The van der Waals surface area contributed by atoms with Gasteiger partial charge in [0.2, 0.25) is 0 Å². The van der Waals surface area contributed by atoms with Crippen LogP contribution in [0, 0.1) is 5.92 Å². The van der Waals surface area contributed by atoms with Gasteiger partial charge in [0.05, 0.1) is 5.92 Å². The molecule has 0 aliphatic rings. The van der Waals surface area contributed by atoms with E-state index >= 15 is 0 Å². The van der Waals surface area contributed by atoms with E-state index in [4.69, 9.17) is 5.11 Å². The summed E-state index contributed by atoms with van der Waals surface area (Å²) < 4.78 is 0. The molecule has 0 aromatic rings. The summed E-state index contributed by atoms with van der Waals surface area (Å²) in [7, 11) is 0. The maximum Gasteiger partial charge on any atom is 0.306 e. The molecule has 0 saturated carbocycles. The predicted molar refractivity (Wildman–Crippen MR) is 27.1 cm³/mol. The Morgan fingerprint density at radius 2 is 2.29 bits per heavy atom. The standard InChI is InChI=1S/C5H10O2/c1-3-4(2)5(6)7/h4H,3H2,1-2H3,(H,6,7)/i2-1. The summed E-state index contributed by atoms with van der Waals surface area (Å²) in [6, 6.07) is 0. The molecular weight excluding hydrogens is 91.1 g/mol. The Bertz CT molecular complexity index is 68.5. The Hall–Kier alpha value is -0.530. The van der Waals surface area contributed by atoms with Crippen LogP contribution in [0.2, 0.25) is 0 Å². The third-order valence-corrected chi connectivity index (χ3v) is 1.03. The van der Waals surface area contributed by atoms with E-state index in [1.54, 1.807) is 6.92 Å². The molecule has 0 aliphatic carbocycles. The number of carboxylic acids is 1. The first-order chi connectivity index (χ1) is 3.18. The average molecular weight is 101 g/mol. The molecule has 0 spiro atoms. The zero-order valence-corrected chi connectivity index (χ0v) is 4.64. The van der Waals surface area contributed by atoms with Crippen LogP contribution < -0.4 is 0 Å². The molecule has 0 aromatic carbocycles. The molecule has 0 heterocycles. The fourth-order valence-corrected chi connectivity index (χ4v) is 0.175. The van der Waals surface area contributed by atoms with Crippen molar-refractivity contribution in [3.63, 3.8) is 0 Å². The van der Waals surface area contributed by atoms with Gasteiger partial charge in [0.25, 0.3) is 0 Å². The Labute approximate surface area is 43.2 Å². The highest BCUT2D eigenvalue weighted by molar-refractivity contribution is 5.69. The number of hydrogen-bond acceptors (Lipinski definition) is 1. The molecule has 1 atom stereocenters. The lowest BCUT2D eigenvalue weighted by Crippen LogP contribution is -2.06. The minimum absolute atomic E-state index is 0.181. The Balaban J connectivity index is 3.34. The number of rotatable bonds is 2. The molecule has 0 aliphatic heterocycles. The molecule has 0 fully saturated rings. The molecular formula is C5H10O2. The molecule has 0 rings (SSSR count). The number of carbonyl (C=O) groups is 1. The minimum atomic E-state index is -0.706. The highest BCUT2D eigenvalue weighted by Crippen LogP contribution is 1.97. The first-order valence-corrected chi connectivity index (χ1v) is 2.41. The molecule has 7 heavy (non-hydrogen) atoms. The highest BCUT2D eigenvalue weighted by atomic mass is 16.4. The van der Waals surface area contributed by atoms with E-state index in [2.05, 4.69) is 0 Å². The van der Waals surface area contributed by atoms with Crippen molar-refractivity contribution >= 4 is 5.97 Å². The lowest BCUT2D eigenvalue weighted by Gasteiger charge is -1.96. The first-order valence-electron chi connectivity index (χ1n) is 2.41. The van der Waals surface area contributed by atoms with E-state index in [0.29, 0.717) is 0 Å². The number of hydrogen-bond donors (Lipinski definition) is 1. The van der Waals surface area contributed by atoms with Crippen molar-refractivity contribution in [2.75, 3.05) is 0 Å². The quantitative estimate of drug-likeness (QED) is 0.565. The summed E-state index contributed by atoms with van der Waals surface area (Å²) >= 11 is 0. The van der Waals surface area contributed by atoms with Crippen molar-refractivity contribution in [3.05, 3.63) is 0 Å². The predicted octanol–water partition coefficient (Wildman–Crippen LogP) is 1.12. The fourth-order valence-electron chi connectivity index (χ4n) is 0.175. The first kappa shape index (κ1) is 6.47. The van der Waals surface area contributed by atoms with Crippen LogP contribution in [0.4, 0.5) is 0 Å². The lowest BCUT2D eigenvalue weighted by atomic mass is 9.93. The third-order valence-electron chi connectivity index (χ3n) is 1.03. The maximum atomic E-state index is 9.93. The molecule has 2 nitrogen and oxygen atoms in total. The molecule has 0 amide bonds. The molecule has 1 N–H and O–H groups in total. The molecule has 1 unspecified atom stereocenters. The number of carboxylic acid groups (broad SMARTS) is 1. The normalized spacial score (nSPS) is 13.4. The summed E-state index contributed by atoms with van der Waals surface area (Å²) in [4.78, 5) is 9.93. The van der Waals surface area contributed by atoms with Crippen molar-refractivity contribution in [3.8, 4) is 0 Å². The number of aliphatic carboxylic acids is 1. The van der Waals surface area contributed by atoms with Crippen LogP contribution >= 0.6 is 0 Å². The SMILES string of the molecule is CCC([11CH3])C(=O)O. The second kappa shape index (κ2) is 2.61. The van der Waals surface area contributed by atoms with Gasteiger partial charge in [0.1, 0.15) is 0 Å². The van der Waals surface area contributed by atoms with E-state index in [1.807, 2.05) is 6.92 Å². The fraction of sp³-hybridized carbons (Fsp3) is 0.800. The molecule has 0 radical (unpaired) electrons. The third kappa shape index (κ3) is 2.20. The van der Waals surface area contributed by atoms with Gasteiger partial charge >= 0.3 is 5.97 Å². The van der Waals surface area contributed by atoms with Gasteiger partial charge in [-0.05, 0) is 6.42 Å². The zero-order chi connectivity index (χ0) is 5.86. The molecule has 0 aromatic heterocycles. The summed E-state index contributed by atoms with van der Waals surface area (Å²) in [5.74, 6) is -0.887. The van der Waals surface area contributed by atoms with Crippen molar-refractivity contribution < 1.29 is 9.90 Å². The highest BCUT2D eigenvalue weighted by Gasteiger charge is 2.05. The van der Waals surface area contributed by atoms with Crippen LogP contribution in [0.15, 0.2) is 0 Å².